The standard InChI is InChI=1S/C16H17F9O2/c1-3-8-27-11-7-5-4-6-10(11)12(2,26)9-13(17,18)14(19,20)15(21,22)16(23,24)25/h4-7,26H,3,8-9H2,1-2H3. The summed E-state index contributed by atoms with van der Waals surface area (Å²) in [6.45, 7) is 2.34. The zero-order valence-electron chi connectivity index (χ0n) is 14.2. The molecule has 2 nitrogen and oxygen atoms in total. The Morgan fingerprint density at radius 1 is 0.889 bits per heavy atom. The lowest BCUT2D eigenvalue weighted by atomic mass is 9.85. The first-order chi connectivity index (χ1) is 12.0. The van der Waals surface area contributed by atoms with Crippen molar-refractivity contribution in [3.8, 4) is 5.75 Å². The maximum Gasteiger partial charge on any atom is 0.460 e. The van der Waals surface area contributed by atoms with Crippen LogP contribution in [0, 0.1) is 0 Å². The lowest BCUT2D eigenvalue weighted by Gasteiger charge is -2.37. The van der Waals surface area contributed by atoms with Crippen molar-refractivity contribution in [3.63, 3.8) is 0 Å². The van der Waals surface area contributed by atoms with E-state index in [1.54, 1.807) is 6.92 Å². The van der Waals surface area contributed by atoms with Crippen molar-refractivity contribution in [3.05, 3.63) is 29.8 Å². The molecule has 0 heterocycles. The molecule has 0 spiro atoms. The van der Waals surface area contributed by atoms with E-state index in [1.165, 1.54) is 18.2 Å². The third-order valence-electron chi connectivity index (χ3n) is 3.70. The smallest absolute Gasteiger partial charge is 0.460 e. The van der Waals surface area contributed by atoms with E-state index in [1.807, 2.05) is 0 Å². The normalized spacial score (nSPS) is 16.1. The Morgan fingerprint density at radius 3 is 1.89 bits per heavy atom. The first-order valence-corrected chi connectivity index (χ1v) is 7.66. The lowest BCUT2D eigenvalue weighted by molar-refractivity contribution is -0.400. The van der Waals surface area contributed by atoms with Gasteiger partial charge in [0.15, 0.2) is 0 Å². The Labute approximate surface area is 148 Å². The van der Waals surface area contributed by atoms with Crippen LogP contribution in [0.1, 0.15) is 32.3 Å². The van der Waals surface area contributed by atoms with Crippen molar-refractivity contribution < 1.29 is 49.4 Å². The summed E-state index contributed by atoms with van der Waals surface area (Å²) in [5.74, 6) is -19.9. The molecule has 1 unspecified atom stereocenters. The number of hydrogen-bond acceptors (Lipinski definition) is 2. The number of halogens is 9. The van der Waals surface area contributed by atoms with Gasteiger partial charge in [0.1, 0.15) is 5.75 Å². The molecule has 1 aromatic carbocycles. The van der Waals surface area contributed by atoms with Crippen LogP contribution in [0.25, 0.3) is 0 Å². The lowest BCUT2D eigenvalue weighted by Crippen LogP contribution is -2.62. The molecule has 0 aromatic heterocycles. The Hall–Kier alpha value is -1.65. The first-order valence-electron chi connectivity index (χ1n) is 7.66. The largest absolute Gasteiger partial charge is 0.493 e. The molecule has 0 amide bonds. The van der Waals surface area contributed by atoms with Gasteiger partial charge in [-0.2, -0.15) is 39.5 Å². The number of hydrogen-bond donors (Lipinski definition) is 1. The van der Waals surface area contributed by atoms with E-state index in [0.717, 1.165) is 6.07 Å². The zero-order valence-corrected chi connectivity index (χ0v) is 14.2. The van der Waals surface area contributed by atoms with Crippen LogP contribution in [0.3, 0.4) is 0 Å². The van der Waals surface area contributed by atoms with Gasteiger partial charge in [0.25, 0.3) is 0 Å². The van der Waals surface area contributed by atoms with Gasteiger partial charge >= 0.3 is 23.9 Å². The summed E-state index contributed by atoms with van der Waals surface area (Å²) in [5.41, 5.74) is -3.34. The van der Waals surface area contributed by atoms with Gasteiger partial charge < -0.3 is 9.84 Å². The molecule has 0 aliphatic heterocycles. The van der Waals surface area contributed by atoms with Crippen LogP contribution in [-0.4, -0.2) is 35.7 Å². The number of para-hydroxylation sites is 1. The maximum absolute atomic E-state index is 13.9. The molecule has 27 heavy (non-hydrogen) atoms. The molecular weight excluding hydrogens is 395 g/mol. The van der Waals surface area contributed by atoms with Crippen LogP contribution < -0.4 is 4.74 Å². The SMILES string of the molecule is CCCOc1ccccc1C(C)(O)CC(F)(F)C(F)(F)C(F)(F)C(F)(F)F. The molecule has 1 atom stereocenters. The summed E-state index contributed by atoms with van der Waals surface area (Å²) >= 11 is 0. The predicted octanol–water partition coefficient (Wildman–Crippen LogP) is 5.54. The van der Waals surface area contributed by atoms with E-state index in [9.17, 15) is 44.6 Å². The number of alkyl halides is 9. The van der Waals surface area contributed by atoms with Gasteiger partial charge in [-0.25, -0.2) is 0 Å². The van der Waals surface area contributed by atoms with Gasteiger partial charge in [-0.1, -0.05) is 25.1 Å². The Morgan fingerprint density at radius 2 is 1.41 bits per heavy atom. The number of rotatable bonds is 8. The van der Waals surface area contributed by atoms with E-state index in [4.69, 9.17) is 4.74 Å². The minimum absolute atomic E-state index is 0.0613. The summed E-state index contributed by atoms with van der Waals surface area (Å²) in [6, 6.07) is 4.82. The molecule has 1 rings (SSSR count). The van der Waals surface area contributed by atoms with Crippen LogP contribution in [0.5, 0.6) is 5.75 Å². The quantitative estimate of drug-likeness (QED) is 0.568. The fourth-order valence-electron chi connectivity index (χ4n) is 2.30. The minimum atomic E-state index is -7.00. The predicted molar refractivity (Wildman–Crippen MR) is 77.3 cm³/mol. The van der Waals surface area contributed by atoms with Crippen molar-refractivity contribution in [2.45, 2.75) is 56.2 Å². The highest BCUT2D eigenvalue weighted by Crippen LogP contribution is 2.56. The average Bonchev–Trinajstić information content (AvgIpc) is 2.50. The van der Waals surface area contributed by atoms with E-state index in [0.29, 0.717) is 13.3 Å². The Bertz CT molecular complexity index is 639. The Balaban J connectivity index is 3.28. The highest BCUT2D eigenvalue weighted by Gasteiger charge is 2.82. The summed E-state index contributed by atoms with van der Waals surface area (Å²) in [4.78, 5) is 0. The highest BCUT2D eigenvalue weighted by molar-refractivity contribution is 5.38. The second-order valence-electron chi connectivity index (χ2n) is 6.15. The third kappa shape index (κ3) is 4.44. The number of benzene rings is 1. The van der Waals surface area contributed by atoms with Crippen molar-refractivity contribution in [2.24, 2.45) is 0 Å². The van der Waals surface area contributed by atoms with Crippen molar-refractivity contribution in [1.29, 1.82) is 0 Å². The molecular formula is C16H17F9O2. The highest BCUT2D eigenvalue weighted by atomic mass is 19.4. The number of ether oxygens (including phenoxy) is 1. The Kier molecular flexibility index (Phi) is 6.41. The summed E-state index contributed by atoms with van der Waals surface area (Å²) in [7, 11) is 0. The molecule has 0 saturated heterocycles. The van der Waals surface area contributed by atoms with Gasteiger partial charge in [-0.05, 0) is 19.4 Å². The fourth-order valence-corrected chi connectivity index (χ4v) is 2.30. The van der Waals surface area contributed by atoms with Crippen LogP contribution in [0.4, 0.5) is 39.5 Å². The topological polar surface area (TPSA) is 29.5 Å². The maximum atomic E-state index is 13.9. The van der Waals surface area contributed by atoms with Gasteiger partial charge in [-0.3, -0.25) is 0 Å². The molecule has 0 aliphatic carbocycles. The fraction of sp³-hybridized carbons (Fsp3) is 0.625. The molecule has 0 bridgehead atoms. The average molecular weight is 412 g/mol. The monoisotopic (exact) mass is 412 g/mol. The van der Waals surface area contributed by atoms with Gasteiger partial charge in [0.2, 0.25) is 0 Å². The van der Waals surface area contributed by atoms with Crippen molar-refractivity contribution in [1.82, 2.24) is 0 Å². The van der Waals surface area contributed by atoms with Gasteiger partial charge in [0, 0.05) is 5.56 Å². The minimum Gasteiger partial charge on any atom is -0.493 e. The second kappa shape index (κ2) is 7.40. The molecule has 0 saturated carbocycles. The summed E-state index contributed by atoms with van der Waals surface area (Å²) in [5, 5.41) is 10.2. The molecule has 1 N–H and O–H groups in total. The van der Waals surface area contributed by atoms with E-state index < -0.39 is 41.5 Å². The molecule has 0 aliphatic rings. The second-order valence-corrected chi connectivity index (χ2v) is 6.15. The number of aliphatic hydroxyl groups is 1. The molecule has 11 heteroatoms. The van der Waals surface area contributed by atoms with Gasteiger partial charge in [-0.15, -0.1) is 0 Å². The zero-order chi connectivity index (χ0) is 21.3. The van der Waals surface area contributed by atoms with Crippen LogP contribution in [-0.2, 0) is 5.60 Å². The van der Waals surface area contributed by atoms with E-state index in [-0.39, 0.29) is 12.4 Å². The molecule has 156 valence electrons. The summed E-state index contributed by atoms with van der Waals surface area (Å²) < 4.78 is 122. The first kappa shape index (κ1) is 23.4. The summed E-state index contributed by atoms with van der Waals surface area (Å²) in [6.07, 6.45) is -8.85. The molecule has 0 fully saturated rings. The van der Waals surface area contributed by atoms with Gasteiger partial charge in [0.05, 0.1) is 18.6 Å². The third-order valence-corrected chi connectivity index (χ3v) is 3.70. The molecule has 0 radical (unpaired) electrons. The van der Waals surface area contributed by atoms with Crippen LogP contribution in [0.15, 0.2) is 24.3 Å². The van der Waals surface area contributed by atoms with E-state index >= 15 is 0 Å². The molecule has 1 aromatic rings. The van der Waals surface area contributed by atoms with Crippen LogP contribution in [0.2, 0.25) is 0 Å². The van der Waals surface area contributed by atoms with Crippen molar-refractivity contribution >= 4 is 0 Å². The van der Waals surface area contributed by atoms with Crippen molar-refractivity contribution in [2.75, 3.05) is 6.61 Å². The van der Waals surface area contributed by atoms with Crippen LogP contribution >= 0.6 is 0 Å². The van der Waals surface area contributed by atoms with E-state index in [2.05, 4.69) is 0 Å².